The van der Waals surface area contributed by atoms with Crippen LogP contribution >= 0.6 is 28.1 Å². The number of methoxy groups -OCH3 is 1. The van der Waals surface area contributed by atoms with Crippen molar-refractivity contribution in [3.8, 4) is 5.75 Å². The number of nitrogens with one attached hydrogen (secondary N) is 2. The number of carbonyl (C=O) groups excluding carboxylic acids is 1. The third-order valence-corrected chi connectivity index (χ3v) is 4.35. The Bertz CT molecular complexity index is 939. The van der Waals surface area contributed by atoms with Crippen molar-refractivity contribution in [2.75, 3.05) is 12.4 Å². The van der Waals surface area contributed by atoms with E-state index in [1.54, 1.807) is 25.4 Å². The minimum atomic E-state index is -0.269. The zero-order valence-electron chi connectivity index (χ0n) is 14.5. The lowest BCUT2D eigenvalue weighted by atomic mass is 10.1. The van der Waals surface area contributed by atoms with Crippen LogP contribution in [0.15, 0.2) is 65.4 Å². The quantitative estimate of drug-likeness (QED) is 0.585. The molecule has 27 heavy (non-hydrogen) atoms. The molecule has 3 rings (SSSR count). The van der Waals surface area contributed by atoms with Crippen molar-refractivity contribution < 1.29 is 9.53 Å². The monoisotopic (exact) mass is 444 g/mol. The van der Waals surface area contributed by atoms with E-state index in [4.69, 9.17) is 17.0 Å². The van der Waals surface area contributed by atoms with Gasteiger partial charge in [0.15, 0.2) is 5.11 Å². The van der Waals surface area contributed by atoms with Crippen molar-refractivity contribution in [3.63, 3.8) is 0 Å². The Balaban J connectivity index is 1.55. The molecule has 0 aliphatic carbocycles. The van der Waals surface area contributed by atoms with E-state index < -0.39 is 0 Å². The first-order chi connectivity index (χ1) is 13.0. The Hall–Kier alpha value is -2.71. The van der Waals surface area contributed by atoms with Crippen LogP contribution in [0.5, 0.6) is 5.75 Å². The molecule has 0 spiro atoms. The third-order valence-electron chi connectivity index (χ3n) is 3.74. The zero-order chi connectivity index (χ0) is 19.2. The minimum absolute atomic E-state index is 0.232. The number of carbonyl (C=O) groups is 1. The molecule has 0 aliphatic rings. The molecule has 0 aliphatic heterocycles. The third kappa shape index (κ3) is 5.38. The van der Waals surface area contributed by atoms with Gasteiger partial charge in [0, 0.05) is 17.4 Å². The van der Waals surface area contributed by atoms with Crippen LogP contribution in [-0.2, 0) is 6.54 Å². The number of nitrogens with zero attached hydrogens (tertiary/aromatic N) is 2. The molecule has 0 radical (unpaired) electrons. The van der Waals surface area contributed by atoms with Gasteiger partial charge in [-0.15, -0.1) is 0 Å². The number of aromatic nitrogens is 2. The summed E-state index contributed by atoms with van der Waals surface area (Å²) in [6.07, 6.45) is 3.63. The number of hydrogen-bond acceptors (Lipinski definition) is 4. The number of rotatable bonds is 5. The first-order valence-electron chi connectivity index (χ1n) is 8.07. The molecule has 0 atom stereocenters. The number of ether oxygens (including phenoxy) is 1. The fourth-order valence-electron chi connectivity index (χ4n) is 2.39. The molecule has 1 aromatic heterocycles. The van der Waals surface area contributed by atoms with Crippen molar-refractivity contribution in [2.24, 2.45) is 0 Å². The molecule has 2 aromatic carbocycles. The number of thiocarbonyl (C=S) groups is 1. The van der Waals surface area contributed by atoms with E-state index >= 15 is 0 Å². The molecule has 2 N–H and O–H groups in total. The first-order valence-corrected chi connectivity index (χ1v) is 9.27. The SMILES string of the molecule is COc1ccc(NC(=S)NC(=O)c2ccc(Cn3cc(Br)cn3)cc2)cc1. The average molecular weight is 445 g/mol. The van der Waals surface area contributed by atoms with E-state index in [0.717, 1.165) is 21.5 Å². The van der Waals surface area contributed by atoms with Gasteiger partial charge in [-0.1, -0.05) is 12.1 Å². The normalized spacial score (nSPS) is 10.3. The Morgan fingerprint density at radius 2 is 1.89 bits per heavy atom. The second kappa shape index (κ2) is 8.79. The molecule has 138 valence electrons. The van der Waals surface area contributed by atoms with E-state index in [1.807, 2.05) is 47.3 Å². The summed E-state index contributed by atoms with van der Waals surface area (Å²) in [5.41, 5.74) is 2.34. The molecular weight excluding hydrogens is 428 g/mol. The molecule has 6 nitrogen and oxygen atoms in total. The van der Waals surface area contributed by atoms with Crippen LogP contribution in [-0.4, -0.2) is 27.9 Å². The van der Waals surface area contributed by atoms with E-state index in [1.165, 1.54) is 0 Å². The van der Waals surface area contributed by atoms with Crippen molar-refractivity contribution in [1.82, 2.24) is 15.1 Å². The molecule has 8 heteroatoms. The smallest absolute Gasteiger partial charge is 0.257 e. The van der Waals surface area contributed by atoms with Gasteiger partial charge in [0.1, 0.15) is 5.75 Å². The lowest BCUT2D eigenvalue weighted by Crippen LogP contribution is -2.34. The van der Waals surface area contributed by atoms with Crippen molar-refractivity contribution in [3.05, 3.63) is 76.5 Å². The summed E-state index contributed by atoms with van der Waals surface area (Å²) in [5, 5.41) is 10.1. The highest BCUT2D eigenvalue weighted by molar-refractivity contribution is 9.10. The van der Waals surface area contributed by atoms with Gasteiger partial charge in [-0.25, -0.2) is 0 Å². The highest BCUT2D eigenvalue weighted by atomic mass is 79.9. The van der Waals surface area contributed by atoms with Gasteiger partial charge in [0.05, 0.1) is 24.3 Å². The molecule has 0 fully saturated rings. The molecule has 1 amide bonds. The van der Waals surface area contributed by atoms with Gasteiger partial charge in [-0.05, 0) is 70.1 Å². The van der Waals surface area contributed by atoms with Gasteiger partial charge in [-0.2, -0.15) is 5.10 Å². The number of amides is 1. The average Bonchev–Trinajstić information content (AvgIpc) is 3.07. The van der Waals surface area contributed by atoms with Crippen molar-refractivity contribution >= 4 is 44.9 Å². The molecule has 3 aromatic rings. The van der Waals surface area contributed by atoms with Gasteiger partial charge in [0.2, 0.25) is 0 Å². The second-order valence-electron chi connectivity index (χ2n) is 5.69. The molecule has 0 unspecified atom stereocenters. The Morgan fingerprint density at radius 3 is 2.48 bits per heavy atom. The van der Waals surface area contributed by atoms with Crippen molar-refractivity contribution in [1.29, 1.82) is 0 Å². The van der Waals surface area contributed by atoms with Crippen molar-refractivity contribution in [2.45, 2.75) is 6.54 Å². The minimum Gasteiger partial charge on any atom is -0.497 e. The number of anilines is 1. The Labute approximate surface area is 170 Å². The second-order valence-corrected chi connectivity index (χ2v) is 7.01. The molecule has 0 saturated heterocycles. The predicted octanol–water partition coefficient (Wildman–Crippen LogP) is 3.83. The Kier molecular flexibility index (Phi) is 6.20. The topological polar surface area (TPSA) is 68.2 Å². The van der Waals surface area contributed by atoms with Crippen LogP contribution in [0, 0.1) is 0 Å². The standard InChI is InChI=1S/C19H17BrN4O2S/c1-26-17-8-6-16(7-9-17)22-19(27)23-18(25)14-4-2-13(3-5-14)11-24-12-15(20)10-21-24/h2-10,12H,11H2,1H3,(H2,22,23,25,27). The van der Waals surface area contributed by atoms with E-state index in [2.05, 4.69) is 31.7 Å². The maximum Gasteiger partial charge on any atom is 0.257 e. The molecule has 0 bridgehead atoms. The van der Waals surface area contributed by atoms with Crippen LogP contribution in [0.1, 0.15) is 15.9 Å². The Morgan fingerprint density at radius 1 is 1.19 bits per heavy atom. The van der Waals surface area contributed by atoms with E-state index in [0.29, 0.717) is 12.1 Å². The summed E-state index contributed by atoms with van der Waals surface area (Å²) < 4.78 is 7.85. The first kappa shape index (κ1) is 19.1. The predicted molar refractivity (Wildman–Crippen MR) is 112 cm³/mol. The summed E-state index contributed by atoms with van der Waals surface area (Å²) in [6.45, 7) is 0.630. The number of halogens is 1. The fraction of sp³-hybridized carbons (Fsp3) is 0.105. The highest BCUT2D eigenvalue weighted by Crippen LogP contribution is 2.15. The van der Waals surface area contributed by atoms with Gasteiger partial charge in [-0.3, -0.25) is 14.8 Å². The van der Waals surface area contributed by atoms with Gasteiger partial charge < -0.3 is 10.1 Å². The van der Waals surface area contributed by atoms with Gasteiger partial charge in [0.25, 0.3) is 5.91 Å². The fourth-order valence-corrected chi connectivity index (χ4v) is 2.92. The number of hydrogen-bond donors (Lipinski definition) is 2. The molecule has 1 heterocycles. The summed E-state index contributed by atoms with van der Waals surface area (Å²) in [6, 6.07) is 14.6. The maximum absolute atomic E-state index is 12.3. The summed E-state index contributed by atoms with van der Waals surface area (Å²) >= 11 is 8.57. The van der Waals surface area contributed by atoms with Gasteiger partial charge >= 0.3 is 0 Å². The number of benzene rings is 2. The largest absolute Gasteiger partial charge is 0.497 e. The molecule has 0 saturated carbocycles. The lowest BCUT2D eigenvalue weighted by Gasteiger charge is -2.10. The zero-order valence-corrected chi connectivity index (χ0v) is 16.9. The maximum atomic E-state index is 12.3. The van der Waals surface area contributed by atoms with Crippen LogP contribution < -0.4 is 15.4 Å². The summed E-state index contributed by atoms with van der Waals surface area (Å²) in [5.74, 6) is 0.479. The van der Waals surface area contributed by atoms with E-state index in [-0.39, 0.29) is 11.0 Å². The summed E-state index contributed by atoms with van der Waals surface area (Å²) in [7, 11) is 1.60. The van der Waals surface area contributed by atoms with Crippen LogP contribution in [0.25, 0.3) is 0 Å². The summed E-state index contributed by atoms with van der Waals surface area (Å²) in [4.78, 5) is 12.3. The van der Waals surface area contributed by atoms with Crippen LogP contribution in [0.2, 0.25) is 0 Å². The lowest BCUT2D eigenvalue weighted by molar-refractivity contribution is 0.0977. The highest BCUT2D eigenvalue weighted by Gasteiger charge is 2.08. The van der Waals surface area contributed by atoms with Crippen LogP contribution in [0.4, 0.5) is 5.69 Å². The molecular formula is C19H17BrN4O2S. The van der Waals surface area contributed by atoms with Crippen LogP contribution in [0.3, 0.4) is 0 Å². The van der Waals surface area contributed by atoms with E-state index in [9.17, 15) is 4.79 Å².